The van der Waals surface area contributed by atoms with Crippen LogP contribution in [-0.2, 0) is 6.54 Å². The zero-order valence-corrected chi connectivity index (χ0v) is 16.2. The van der Waals surface area contributed by atoms with Crippen molar-refractivity contribution in [3.05, 3.63) is 77.4 Å². The van der Waals surface area contributed by atoms with Crippen LogP contribution in [0.25, 0.3) is 21.8 Å². The first-order chi connectivity index (χ1) is 13.0. The van der Waals surface area contributed by atoms with Gasteiger partial charge in [0.1, 0.15) is 0 Å². The SMILES string of the molecule is Cc1cc(C)c(NCC(O)Cn2c3ccccc3c3ccccc32)c(C)c1. The molecule has 138 valence electrons. The standard InChI is InChI=1S/C24H26N2O/c1-16-12-17(2)24(18(3)13-16)25-14-19(27)15-26-22-10-6-4-8-20(22)21-9-5-7-11-23(21)26/h4-13,19,25,27H,14-15H2,1-3H3. The van der Waals surface area contributed by atoms with Crippen molar-refractivity contribution < 1.29 is 5.11 Å². The minimum atomic E-state index is -0.482. The van der Waals surface area contributed by atoms with E-state index < -0.39 is 6.10 Å². The molecule has 0 aliphatic rings. The number of aryl methyl sites for hydroxylation is 3. The molecular formula is C24H26N2O. The van der Waals surface area contributed by atoms with E-state index in [4.69, 9.17) is 0 Å². The molecule has 0 spiro atoms. The molecule has 0 aliphatic carbocycles. The van der Waals surface area contributed by atoms with Gasteiger partial charge in [0.05, 0.1) is 12.6 Å². The molecule has 4 rings (SSSR count). The van der Waals surface area contributed by atoms with Gasteiger partial charge in [-0.15, -0.1) is 0 Å². The highest BCUT2D eigenvalue weighted by Gasteiger charge is 2.14. The summed E-state index contributed by atoms with van der Waals surface area (Å²) in [5, 5.41) is 16.7. The fourth-order valence-electron chi connectivity index (χ4n) is 4.15. The molecule has 1 heterocycles. The number of nitrogens with zero attached hydrogens (tertiary/aromatic N) is 1. The molecule has 0 saturated heterocycles. The Balaban J connectivity index is 1.59. The predicted octanol–water partition coefficient (Wildman–Crippen LogP) is 5.19. The van der Waals surface area contributed by atoms with Crippen molar-refractivity contribution >= 4 is 27.5 Å². The number of hydrogen-bond acceptors (Lipinski definition) is 2. The van der Waals surface area contributed by atoms with Crippen LogP contribution in [-0.4, -0.2) is 22.3 Å². The third kappa shape index (κ3) is 3.31. The van der Waals surface area contributed by atoms with E-state index in [9.17, 15) is 5.11 Å². The molecule has 1 aromatic heterocycles. The molecule has 4 aromatic rings. The lowest BCUT2D eigenvalue weighted by atomic mass is 10.0. The van der Waals surface area contributed by atoms with Crippen LogP contribution in [0, 0.1) is 20.8 Å². The number of nitrogens with one attached hydrogen (secondary N) is 1. The summed E-state index contributed by atoms with van der Waals surface area (Å²) in [6.45, 7) is 7.42. The van der Waals surface area contributed by atoms with Crippen molar-refractivity contribution in [2.24, 2.45) is 0 Å². The van der Waals surface area contributed by atoms with Crippen LogP contribution >= 0.6 is 0 Å². The highest BCUT2D eigenvalue weighted by atomic mass is 16.3. The van der Waals surface area contributed by atoms with Gasteiger partial charge in [0.2, 0.25) is 0 Å². The van der Waals surface area contributed by atoms with Crippen molar-refractivity contribution in [3.63, 3.8) is 0 Å². The number of aromatic nitrogens is 1. The van der Waals surface area contributed by atoms with Crippen LogP contribution in [0.4, 0.5) is 5.69 Å². The highest BCUT2D eigenvalue weighted by molar-refractivity contribution is 6.07. The lowest BCUT2D eigenvalue weighted by Crippen LogP contribution is -2.25. The van der Waals surface area contributed by atoms with Gasteiger partial charge in [0, 0.05) is 34.0 Å². The largest absolute Gasteiger partial charge is 0.389 e. The fourth-order valence-corrected chi connectivity index (χ4v) is 4.15. The average molecular weight is 358 g/mol. The van der Waals surface area contributed by atoms with E-state index in [0.717, 1.165) is 5.69 Å². The van der Waals surface area contributed by atoms with Crippen LogP contribution in [0.15, 0.2) is 60.7 Å². The second-order valence-electron chi connectivity index (χ2n) is 7.45. The summed E-state index contributed by atoms with van der Waals surface area (Å²) in [7, 11) is 0. The number of fused-ring (bicyclic) bond motifs is 3. The van der Waals surface area contributed by atoms with Crippen LogP contribution in [0.5, 0.6) is 0 Å². The molecule has 0 aliphatic heterocycles. The van der Waals surface area contributed by atoms with Gasteiger partial charge in [0.15, 0.2) is 0 Å². The van der Waals surface area contributed by atoms with E-state index in [-0.39, 0.29) is 0 Å². The smallest absolute Gasteiger partial charge is 0.0891 e. The van der Waals surface area contributed by atoms with Gasteiger partial charge in [-0.25, -0.2) is 0 Å². The quantitative estimate of drug-likeness (QED) is 0.515. The van der Waals surface area contributed by atoms with Gasteiger partial charge in [-0.1, -0.05) is 54.1 Å². The molecule has 3 nitrogen and oxygen atoms in total. The monoisotopic (exact) mass is 358 g/mol. The van der Waals surface area contributed by atoms with Gasteiger partial charge in [-0.05, 0) is 44.0 Å². The highest BCUT2D eigenvalue weighted by Crippen LogP contribution is 2.29. The molecule has 3 aromatic carbocycles. The summed E-state index contributed by atoms with van der Waals surface area (Å²) in [4.78, 5) is 0. The first-order valence-corrected chi connectivity index (χ1v) is 9.50. The normalized spacial score (nSPS) is 12.6. The maximum atomic E-state index is 10.8. The topological polar surface area (TPSA) is 37.2 Å². The van der Waals surface area contributed by atoms with Gasteiger partial charge in [-0.2, -0.15) is 0 Å². The number of aliphatic hydroxyl groups excluding tert-OH is 1. The Kier molecular flexibility index (Phi) is 4.63. The van der Waals surface area contributed by atoms with Gasteiger partial charge < -0.3 is 15.0 Å². The Hall–Kier alpha value is -2.78. The maximum absolute atomic E-state index is 10.8. The van der Waals surface area contributed by atoms with Gasteiger partial charge >= 0.3 is 0 Å². The Morgan fingerprint density at radius 2 is 1.37 bits per heavy atom. The third-order valence-corrected chi connectivity index (χ3v) is 5.26. The molecule has 1 atom stereocenters. The molecular weight excluding hydrogens is 332 g/mol. The summed E-state index contributed by atoms with van der Waals surface area (Å²) in [6, 6.07) is 21.2. The van der Waals surface area contributed by atoms with E-state index in [2.05, 4.69) is 91.3 Å². The van der Waals surface area contributed by atoms with Crippen LogP contribution < -0.4 is 5.32 Å². The van der Waals surface area contributed by atoms with Gasteiger partial charge in [-0.3, -0.25) is 0 Å². The summed E-state index contributed by atoms with van der Waals surface area (Å²) >= 11 is 0. The number of benzene rings is 3. The maximum Gasteiger partial charge on any atom is 0.0891 e. The number of rotatable bonds is 5. The van der Waals surface area contributed by atoms with Crippen molar-refractivity contribution in [2.45, 2.75) is 33.4 Å². The zero-order chi connectivity index (χ0) is 19.0. The van der Waals surface area contributed by atoms with E-state index >= 15 is 0 Å². The molecule has 0 radical (unpaired) electrons. The minimum Gasteiger partial charge on any atom is -0.389 e. The number of aliphatic hydroxyl groups is 1. The number of para-hydroxylation sites is 2. The van der Waals surface area contributed by atoms with E-state index in [1.54, 1.807) is 0 Å². The molecule has 0 fully saturated rings. The second kappa shape index (κ2) is 7.09. The second-order valence-corrected chi connectivity index (χ2v) is 7.45. The van der Waals surface area contributed by atoms with Crippen LogP contribution in [0.3, 0.4) is 0 Å². The van der Waals surface area contributed by atoms with E-state index in [1.165, 1.54) is 38.5 Å². The third-order valence-electron chi connectivity index (χ3n) is 5.26. The molecule has 27 heavy (non-hydrogen) atoms. The molecule has 2 N–H and O–H groups in total. The zero-order valence-electron chi connectivity index (χ0n) is 16.2. The summed E-state index contributed by atoms with van der Waals surface area (Å²) in [6.07, 6.45) is -0.482. The van der Waals surface area contributed by atoms with Crippen molar-refractivity contribution in [2.75, 3.05) is 11.9 Å². The summed E-state index contributed by atoms with van der Waals surface area (Å²) < 4.78 is 2.23. The Bertz CT molecular complexity index is 1030. The van der Waals surface area contributed by atoms with Crippen molar-refractivity contribution in [3.8, 4) is 0 Å². The van der Waals surface area contributed by atoms with E-state index in [1.807, 2.05) is 0 Å². The van der Waals surface area contributed by atoms with Crippen LogP contribution in [0.1, 0.15) is 16.7 Å². The number of hydrogen-bond donors (Lipinski definition) is 2. The number of anilines is 1. The van der Waals surface area contributed by atoms with Crippen molar-refractivity contribution in [1.82, 2.24) is 4.57 Å². The Morgan fingerprint density at radius 1 is 0.852 bits per heavy atom. The first kappa shape index (κ1) is 17.6. The Labute approximate surface area is 160 Å². The molecule has 3 heteroatoms. The average Bonchev–Trinajstić information content (AvgIpc) is 2.95. The summed E-state index contributed by atoms with van der Waals surface area (Å²) in [5.74, 6) is 0. The minimum absolute atomic E-state index is 0.482. The molecule has 0 bridgehead atoms. The molecule has 1 unspecified atom stereocenters. The molecule has 0 amide bonds. The fraction of sp³-hybridized carbons (Fsp3) is 0.250. The lowest BCUT2D eigenvalue weighted by molar-refractivity contribution is 0.169. The van der Waals surface area contributed by atoms with Crippen LogP contribution in [0.2, 0.25) is 0 Å². The first-order valence-electron chi connectivity index (χ1n) is 9.50. The molecule has 0 saturated carbocycles. The summed E-state index contributed by atoms with van der Waals surface area (Å²) in [5.41, 5.74) is 7.16. The predicted molar refractivity (Wildman–Crippen MR) is 115 cm³/mol. The van der Waals surface area contributed by atoms with E-state index in [0.29, 0.717) is 13.1 Å². The van der Waals surface area contributed by atoms with Crippen molar-refractivity contribution in [1.29, 1.82) is 0 Å². The lowest BCUT2D eigenvalue weighted by Gasteiger charge is -2.18. The Morgan fingerprint density at radius 3 is 1.93 bits per heavy atom. The van der Waals surface area contributed by atoms with Gasteiger partial charge in [0.25, 0.3) is 0 Å².